The number of hydrogen-bond acceptors (Lipinski definition) is 2. The van der Waals surface area contributed by atoms with E-state index in [-0.39, 0.29) is 17.4 Å². The van der Waals surface area contributed by atoms with Gasteiger partial charge in [-0.25, -0.2) is 8.78 Å². The Bertz CT molecular complexity index is 1320. The molecule has 0 aromatic heterocycles. The maximum atomic E-state index is 15.2. The van der Waals surface area contributed by atoms with Crippen LogP contribution in [-0.2, 0) is 25.7 Å². The zero-order valence-electron chi connectivity index (χ0n) is 20.8. The van der Waals surface area contributed by atoms with Gasteiger partial charge in [-0.2, -0.15) is 8.78 Å². The van der Waals surface area contributed by atoms with Crippen LogP contribution in [0.5, 0.6) is 11.5 Å². The second-order valence-electron chi connectivity index (χ2n) is 9.07. The van der Waals surface area contributed by atoms with Gasteiger partial charge in [0.1, 0.15) is 23.1 Å². The molecule has 0 aliphatic rings. The Kier molecular flexibility index (Phi) is 9.04. The molecule has 4 aromatic rings. The first-order chi connectivity index (χ1) is 17.9. The summed E-state index contributed by atoms with van der Waals surface area (Å²) in [6.07, 6.45) is 4.18. The third-order valence-corrected chi connectivity index (χ3v) is 6.40. The van der Waals surface area contributed by atoms with Gasteiger partial charge in [0.05, 0.1) is 6.61 Å². The second-order valence-corrected chi connectivity index (χ2v) is 9.07. The molecule has 194 valence electrons. The van der Waals surface area contributed by atoms with Gasteiger partial charge in [0.15, 0.2) is 0 Å². The number of rotatable bonds is 12. The maximum absolute atomic E-state index is 15.2. The smallest absolute Gasteiger partial charge is 0.387 e. The lowest BCUT2D eigenvalue weighted by Crippen LogP contribution is -2.02. The molecule has 37 heavy (non-hydrogen) atoms. The monoisotopic (exact) mass is 510 g/mol. The van der Waals surface area contributed by atoms with Gasteiger partial charge in [-0.1, -0.05) is 61.9 Å². The van der Waals surface area contributed by atoms with Gasteiger partial charge in [-0.3, -0.25) is 0 Å². The quantitative estimate of drug-likeness (QED) is 0.141. The normalized spacial score (nSPS) is 11.3. The van der Waals surface area contributed by atoms with Gasteiger partial charge < -0.3 is 9.47 Å². The molecular weight excluding hydrogens is 480 g/mol. The molecule has 4 rings (SSSR count). The number of alkyl halides is 2. The van der Waals surface area contributed by atoms with Crippen molar-refractivity contribution in [3.8, 4) is 11.5 Å². The fraction of sp³-hybridized carbons (Fsp3) is 0.290. The summed E-state index contributed by atoms with van der Waals surface area (Å²) in [5.41, 5.74) is 3.13. The Labute approximate surface area is 214 Å². The number of unbranched alkanes of at least 4 members (excludes halogenated alkanes) is 1. The van der Waals surface area contributed by atoms with E-state index >= 15 is 4.39 Å². The summed E-state index contributed by atoms with van der Waals surface area (Å²) in [6, 6.07) is 20.7. The molecule has 0 bridgehead atoms. The number of halogens is 4. The van der Waals surface area contributed by atoms with Crippen molar-refractivity contribution in [2.24, 2.45) is 0 Å². The minimum Gasteiger partial charge on any atom is -0.493 e. The summed E-state index contributed by atoms with van der Waals surface area (Å²) in [5, 5.41) is 1.34. The molecule has 0 amide bonds. The summed E-state index contributed by atoms with van der Waals surface area (Å²) in [6.45, 7) is -0.202. The molecule has 0 saturated carbocycles. The van der Waals surface area contributed by atoms with Crippen LogP contribution in [0.4, 0.5) is 17.6 Å². The van der Waals surface area contributed by atoms with Crippen molar-refractivity contribution in [2.45, 2.75) is 52.1 Å². The largest absolute Gasteiger partial charge is 0.493 e. The van der Waals surface area contributed by atoms with E-state index in [4.69, 9.17) is 4.74 Å². The first kappa shape index (κ1) is 26.5. The lowest BCUT2D eigenvalue weighted by atomic mass is 9.97. The predicted octanol–water partition coefficient (Wildman–Crippen LogP) is 8.47. The van der Waals surface area contributed by atoms with Crippen LogP contribution < -0.4 is 9.47 Å². The van der Waals surface area contributed by atoms with Gasteiger partial charge in [0.2, 0.25) is 0 Å². The molecule has 0 aliphatic carbocycles. The van der Waals surface area contributed by atoms with Crippen LogP contribution in [0.25, 0.3) is 10.8 Å². The maximum Gasteiger partial charge on any atom is 0.387 e. The molecule has 0 N–H and O–H groups in total. The molecule has 2 nitrogen and oxygen atoms in total. The van der Waals surface area contributed by atoms with Gasteiger partial charge in [0.25, 0.3) is 0 Å². The first-order valence-corrected chi connectivity index (χ1v) is 12.6. The lowest BCUT2D eigenvalue weighted by molar-refractivity contribution is -0.0498. The molecule has 0 saturated heterocycles. The van der Waals surface area contributed by atoms with E-state index in [9.17, 15) is 13.2 Å². The predicted molar refractivity (Wildman–Crippen MR) is 139 cm³/mol. The van der Waals surface area contributed by atoms with E-state index in [2.05, 4.69) is 11.7 Å². The molecule has 0 aliphatic heterocycles. The van der Waals surface area contributed by atoms with Gasteiger partial charge in [-0.05, 0) is 77.9 Å². The number of fused-ring (bicyclic) bond motifs is 1. The fourth-order valence-electron chi connectivity index (χ4n) is 4.29. The lowest BCUT2D eigenvalue weighted by Gasteiger charge is -2.10. The third-order valence-electron chi connectivity index (χ3n) is 6.40. The van der Waals surface area contributed by atoms with Crippen LogP contribution in [0.3, 0.4) is 0 Å². The standard InChI is InChI=1S/C31H30F4O2/c1-2-3-18-36-27-16-13-23(29(32)20-27)9-5-22-8-17-28-25(19-22)12-11-24(30(28)33)10-4-21-6-14-26(15-7-21)37-31(34)35/h6-8,11-17,19-20,31H,2-5,9-10,18H2,1H3. The molecule has 4 aromatic carbocycles. The number of benzene rings is 4. The van der Waals surface area contributed by atoms with Crippen LogP contribution in [0.15, 0.2) is 72.8 Å². The molecule has 0 radical (unpaired) electrons. The summed E-state index contributed by atoms with van der Waals surface area (Å²) in [4.78, 5) is 0. The van der Waals surface area contributed by atoms with Crippen LogP contribution >= 0.6 is 0 Å². The summed E-state index contributed by atoms with van der Waals surface area (Å²) in [7, 11) is 0. The van der Waals surface area contributed by atoms with E-state index in [1.165, 1.54) is 18.2 Å². The Hall–Kier alpha value is -3.54. The second kappa shape index (κ2) is 12.6. The molecule has 0 heterocycles. The van der Waals surface area contributed by atoms with E-state index in [1.807, 2.05) is 18.2 Å². The molecule has 6 heteroatoms. The van der Waals surface area contributed by atoms with Crippen molar-refractivity contribution in [2.75, 3.05) is 6.61 Å². The highest BCUT2D eigenvalue weighted by Crippen LogP contribution is 2.25. The van der Waals surface area contributed by atoms with Crippen molar-refractivity contribution < 1.29 is 27.0 Å². The van der Waals surface area contributed by atoms with Crippen LogP contribution in [-0.4, -0.2) is 13.2 Å². The summed E-state index contributed by atoms with van der Waals surface area (Å²) >= 11 is 0. The SMILES string of the molecule is CCCCOc1ccc(CCc2ccc3c(F)c(CCc4ccc(OC(F)F)cc4)ccc3c2)c(F)c1. The Balaban J connectivity index is 1.37. The highest BCUT2D eigenvalue weighted by molar-refractivity contribution is 5.84. The molecule has 0 atom stereocenters. The van der Waals surface area contributed by atoms with Crippen molar-refractivity contribution in [3.63, 3.8) is 0 Å². The highest BCUT2D eigenvalue weighted by atomic mass is 19.3. The molecule has 0 fully saturated rings. The Morgan fingerprint density at radius 2 is 1.38 bits per heavy atom. The van der Waals surface area contributed by atoms with Crippen molar-refractivity contribution in [1.82, 2.24) is 0 Å². The zero-order chi connectivity index (χ0) is 26.2. The van der Waals surface area contributed by atoms with Crippen LogP contribution in [0, 0.1) is 11.6 Å². The van der Waals surface area contributed by atoms with Gasteiger partial charge >= 0.3 is 6.61 Å². The Morgan fingerprint density at radius 1 is 0.703 bits per heavy atom. The average Bonchev–Trinajstić information content (AvgIpc) is 2.88. The average molecular weight is 511 g/mol. The third kappa shape index (κ3) is 7.25. The van der Waals surface area contributed by atoms with E-state index in [1.54, 1.807) is 36.4 Å². The number of ether oxygens (including phenoxy) is 2. The van der Waals surface area contributed by atoms with Crippen LogP contribution in [0.1, 0.15) is 42.0 Å². The minimum atomic E-state index is -2.86. The van der Waals surface area contributed by atoms with Gasteiger partial charge in [0, 0.05) is 11.5 Å². The van der Waals surface area contributed by atoms with Crippen molar-refractivity contribution >= 4 is 10.8 Å². The van der Waals surface area contributed by atoms with E-state index in [0.717, 1.165) is 29.4 Å². The molecule has 0 unspecified atom stereocenters. The Morgan fingerprint density at radius 3 is 2.11 bits per heavy atom. The van der Waals surface area contributed by atoms with Gasteiger partial charge in [-0.15, -0.1) is 0 Å². The van der Waals surface area contributed by atoms with E-state index < -0.39 is 6.61 Å². The van der Waals surface area contributed by atoms with E-state index in [0.29, 0.717) is 54.6 Å². The van der Waals surface area contributed by atoms with Crippen LogP contribution in [0.2, 0.25) is 0 Å². The topological polar surface area (TPSA) is 18.5 Å². The van der Waals surface area contributed by atoms with Crippen molar-refractivity contribution in [1.29, 1.82) is 0 Å². The summed E-state index contributed by atoms with van der Waals surface area (Å²) in [5.74, 6) is 0.111. The summed E-state index contributed by atoms with van der Waals surface area (Å²) < 4.78 is 64.2. The molecular formula is C31H30F4O2. The fourth-order valence-corrected chi connectivity index (χ4v) is 4.29. The van der Waals surface area contributed by atoms with Crippen molar-refractivity contribution in [3.05, 3.63) is 107 Å². The molecule has 0 spiro atoms. The zero-order valence-corrected chi connectivity index (χ0v) is 20.8. The first-order valence-electron chi connectivity index (χ1n) is 12.6. The minimum absolute atomic E-state index is 0.0996. The number of hydrogen-bond donors (Lipinski definition) is 0. The highest BCUT2D eigenvalue weighted by Gasteiger charge is 2.11. The number of aryl methyl sites for hydroxylation is 4.